The highest BCUT2D eigenvalue weighted by atomic mass is 79.9. The van der Waals surface area contributed by atoms with E-state index in [1.807, 2.05) is 116 Å². The number of hydrogen-bond acceptors (Lipinski definition) is 6. The fraction of sp³-hybridized carbons (Fsp3) is 0.0500. The summed E-state index contributed by atoms with van der Waals surface area (Å²) >= 11 is 6.23. The van der Waals surface area contributed by atoms with Gasteiger partial charge in [-0.05, 0) is 66.6 Å². The third kappa shape index (κ3) is 9.03. The molecule has 3 N–H and O–H groups in total. The summed E-state index contributed by atoms with van der Waals surface area (Å²) in [6.07, 6.45) is 1.63. The maximum absolute atomic E-state index is 13.9. The van der Waals surface area contributed by atoms with Gasteiger partial charge < -0.3 is 16.0 Å². The average Bonchev–Trinajstić information content (AvgIpc) is 3.51. The Morgan fingerprint density at radius 3 is 2.14 bits per heavy atom. The van der Waals surface area contributed by atoms with Gasteiger partial charge in [0, 0.05) is 31.1 Å². The molecule has 7 nitrogen and oxygen atoms in total. The molecule has 0 fully saturated rings. The standard InChI is InChI=1S/C40H31BrN4O3S2/c1-26-35(28-12-5-2-6-13-28)44-40(49-26)45-39(48)36(29-14-7-3-8-15-29)50-33-19-11-18-32(25-33)42-38(47)34(24-27-20-22-31(41)23-21-27)43-37(46)30-16-9-4-10-17-30/h2-25,36H,1H3,(H,42,47)(H,43,46)(H,44,45,48)/b34-24-. The van der Waals surface area contributed by atoms with Crippen LogP contribution in [0.3, 0.4) is 0 Å². The van der Waals surface area contributed by atoms with E-state index in [-0.39, 0.29) is 11.6 Å². The molecule has 0 radical (unpaired) electrons. The molecule has 10 heteroatoms. The van der Waals surface area contributed by atoms with Crippen molar-refractivity contribution in [2.75, 3.05) is 10.6 Å². The molecule has 50 heavy (non-hydrogen) atoms. The molecule has 1 heterocycles. The molecule has 3 amide bonds. The monoisotopic (exact) mass is 758 g/mol. The van der Waals surface area contributed by atoms with Crippen molar-refractivity contribution in [1.82, 2.24) is 10.3 Å². The Morgan fingerprint density at radius 1 is 0.780 bits per heavy atom. The van der Waals surface area contributed by atoms with Crippen molar-refractivity contribution >= 4 is 73.6 Å². The molecule has 0 saturated carbocycles. The van der Waals surface area contributed by atoms with E-state index in [0.717, 1.165) is 36.6 Å². The minimum absolute atomic E-state index is 0.0781. The van der Waals surface area contributed by atoms with Gasteiger partial charge in [-0.15, -0.1) is 23.1 Å². The van der Waals surface area contributed by atoms with E-state index in [9.17, 15) is 14.4 Å². The minimum atomic E-state index is -0.607. The van der Waals surface area contributed by atoms with Gasteiger partial charge in [0.15, 0.2) is 5.13 Å². The van der Waals surface area contributed by atoms with E-state index >= 15 is 0 Å². The number of aromatic nitrogens is 1. The van der Waals surface area contributed by atoms with Crippen molar-refractivity contribution < 1.29 is 14.4 Å². The van der Waals surface area contributed by atoms with Crippen molar-refractivity contribution in [2.24, 2.45) is 0 Å². The van der Waals surface area contributed by atoms with Crippen LogP contribution in [0.2, 0.25) is 0 Å². The SMILES string of the molecule is Cc1sc(NC(=O)C(Sc2cccc(NC(=O)/C(=C/c3ccc(Br)cc3)NC(=O)c3ccccc3)c2)c2ccccc2)nc1-c1ccccc1. The highest BCUT2D eigenvalue weighted by Gasteiger charge is 2.24. The van der Waals surface area contributed by atoms with Gasteiger partial charge in [0.25, 0.3) is 11.8 Å². The third-order valence-electron chi connectivity index (χ3n) is 7.47. The number of nitrogens with zero attached hydrogens (tertiary/aromatic N) is 1. The molecule has 0 aliphatic carbocycles. The number of thioether (sulfide) groups is 1. The number of rotatable bonds is 11. The van der Waals surface area contributed by atoms with Gasteiger partial charge in [-0.25, -0.2) is 4.98 Å². The Bertz CT molecular complexity index is 2140. The number of carbonyl (C=O) groups is 3. The summed E-state index contributed by atoms with van der Waals surface area (Å²) in [4.78, 5) is 47.1. The van der Waals surface area contributed by atoms with Gasteiger partial charge in [0.05, 0.1) is 5.69 Å². The van der Waals surface area contributed by atoms with Crippen LogP contribution in [0.25, 0.3) is 17.3 Å². The number of amides is 3. The molecule has 5 aromatic carbocycles. The number of benzene rings is 5. The van der Waals surface area contributed by atoms with Gasteiger partial charge in [-0.2, -0.15) is 0 Å². The number of thiazole rings is 1. The summed E-state index contributed by atoms with van der Waals surface area (Å²) in [6.45, 7) is 1.99. The van der Waals surface area contributed by atoms with Crippen molar-refractivity contribution in [3.63, 3.8) is 0 Å². The second-order valence-electron chi connectivity index (χ2n) is 11.1. The third-order valence-corrected chi connectivity index (χ3v) is 10.1. The quantitative estimate of drug-likeness (QED) is 0.0903. The molecule has 1 atom stereocenters. The molecule has 248 valence electrons. The number of nitrogens with one attached hydrogen (secondary N) is 3. The van der Waals surface area contributed by atoms with Gasteiger partial charge >= 0.3 is 0 Å². The molecule has 1 unspecified atom stereocenters. The summed E-state index contributed by atoms with van der Waals surface area (Å²) in [5.41, 5.74) is 4.40. The highest BCUT2D eigenvalue weighted by molar-refractivity contribution is 9.10. The minimum Gasteiger partial charge on any atom is -0.321 e. The zero-order valence-corrected chi connectivity index (χ0v) is 30.0. The molecule has 6 aromatic rings. The van der Waals surface area contributed by atoms with E-state index in [1.54, 1.807) is 36.4 Å². The molecule has 0 bridgehead atoms. The second-order valence-corrected chi connectivity index (χ2v) is 14.4. The average molecular weight is 760 g/mol. The number of aryl methyl sites for hydroxylation is 1. The fourth-order valence-electron chi connectivity index (χ4n) is 5.04. The van der Waals surface area contributed by atoms with Crippen molar-refractivity contribution in [1.29, 1.82) is 0 Å². The van der Waals surface area contributed by atoms with Gasteiger partial charge in [-0.1, -0.05) is 113 Å². The molecular formula is C40H31BrN4O3S2. The maximum Gasteiger partial charge on any atom is 0.272 e. The van der Waals surface area contributed by atoms with Crippen LogP contribution in [-0.4, -0.2) is 22.7 Å². The zero-order valence-electron chi connectivity index (χ0n) is 26.8. The van der Waals surface area contributed by atoms with Crippen LogP contribution in [0.5, 0.6) is 0 Å². The molecule has 6 rings (SSSR count). The van der Waals surface area contributed by atoms with E-state index in [1.165, 1.54) is 23.1 Å². The molecule has 0 spiro atoms. The van der Waals surface area contributed by atoms with Crippen LogP contribution < -0.4 is 16.0 Å². The second kappa shape index (κ2) is 16.4. The summed E-state index contributed by atoms with van der Waals surface area (Å²) in [5.74, 6) is -1.12. The van der Waals surface area contributed by atoms with Crippen molar-refractivity contribution in [3.05, 3.63) is 171 Å². The van der Waals surface area contributed by atoms with Crippen molar-refractivity contribution in [3.8, 4) is 11.3 Å². The van der Waals surface area contributed by atoms with E-state index in [2.05, 4.69) is 31.9 Å². The zero-order chi connectivity index (χ0) is 34.9. The molecule has 0 aliphatic rings. The van der Waals surface area contributed by atoms with Crippen LogP contribution >= 0.6 is 39.0 Å². The van der Waals surface area contributed by atoms with Gasteiger partial charge in [0.2, 0.25) is 5.91 Å². The number of hydrogen-bond donors (Lipinski definition) is 3. The fourth-order valence-corrected chi connectivity index (χ4v) is 7.22. The molecule has 1 aromatic heterocycles. The summed E-state index contributed by atoms with van der Waals surface area (Å²) in [5, 5.41) is 8.66. The van der Waals surface area contributed by atoms with Gasteiger partial charge in [-0.3, -0.25) is 14.4 Å². The lowest BCUT2D eigenvalue weighted by atomic mass is 10.1. The van der Waals surface area contributed by atoms with Crippen LogP contribution in [0.1, 0.15) is 31.6 Å². The Hall–Kier alpha value is -5.29. The number of carbonyl (C=O) groups excluding carboxylic acids is 3. The molecule has 0 aliphatic heterocycles. The van der Waals surface area contributed by atoms with Gasteiger partial charge in [0.1, 0.15) is 10.9 Å². The predicted molar refractivity (Wildman–Crippen MR) is 207 cm³/mol. The molecule has 0 saturated heterocycles. The van der Waals surface area contributed by atoms with E-state index in [0.29, 0.717) is 16.4 Å². The van der Waals surface area contributed by atoms with E-state index in [4.69, 9.17) is 4.98 Å². The largest absolute Gasteiger partial charge is 0.321 e. The highest BCUT2D eigenvalue weighted by Crippen LogP contribution is 2.38. The normalized spacial score (nSPS) is 11.8. The lowest BCUT2D eigenvalue weighted by Gasteiger charge is -2.17. The van der Waals surface area contributed by atoms with Crippen LogP contribution in [-0.2, 0) is 9.59 Å². The lowest BCUT2D eigenvalue weighted by Crippen LogP contribution is -2.30. The van der Waals surface area contributed by atoms with Crippen molar-refractivity contribution in [2.45, 2.75) is 17.1 Å². The Morgan fingerprint density at radius 2 is 1.44 bits per heavy atom. The smallest absolute Gasteiger partial charge is 0.272 e. The number of anilines is 2. The van der Waals surface area contributed by atoms with E-state index < -0.39 is 17.1 Å². The maximum atomic E-state index is 13.9. The topological polar surface area (TPSA) is 100 Å². The lowest BCUT2D eigenvalue weighted by molar-refractivity contribution is -0.116. The first kappa shape index (κ1) is 34.6. The first-order chi connectivity index (χ1) is 24.3. The summed E-state index contributed by atoms with van der Waals surface area (Å²) < 4.78 is 0.893. The van der Waals surface area contributed by atoms with Crippen LogP contribution in [0.4, 0.5) is 10.8 Å². The first-order valence-corrected chi connectivity index (χ1v) is 18.1. The van der Waals surface area contributed by atoms with Crippen LogP contribution in [0, 0.1) is 6.92 Å². The number of halogens is 1. The summed E-state index contributed by atoms with van der Waals surface area (Å²) in [6, 6.07) is 42.8. The Labute approximate surface area is 307 Å². The Balaban J connectivity index is 1.22. The molecular weight excluding hydrogens is 729 g/mol. The predicted octanol–water partition coefficient (Wildman–Crippen LogP) is 9.76. The summed E-state index contributed by atoms with van der Waals surface area (Å²) in [7, 11) is 0. The Kier molecular flexibility index (Phi) is 11.3. The first-order valence-electron chi connectivity index (χ1n) is 15.6. The van der Waals surface area contributed by atoms with Crippen LogP contribution in [0.15, 0.2) is 155 Å².